The molecule has 220 valence electrons. The van der Waals surface area contributed by atoms with E-state index in [1.807, 2.05) is 23.1 Å². The van der Waals surface area contributed by atoms with E-state index >= 15 is 0 Å². The average Bonchev–Trinajstić information content (AvgIpc) is 3.70. The molecule has 2 aromatic carbocycles. The highest BCUT2D eigenvalue weighted by Gasteiger charge is 2.34. The summed E-state index contributed by atoms with van der Waals surface area (Å²) in [7, 11) is 0. The maximum atomic E-state index is 13.9. The Bertz CT molecular complexity index is 1480. The van der Waals surface area contributed by atoms with Gasteiger partial charge in [-0.15, -0.1) is 0 Å². The molecule has 3 amide bonds. The average molecular weight is 580 g/mol. The van der Waals surface area contributed by atoms with Gasteiger partial charge in [-0.25, -0.2) is 9.78 Å². The number of carbonyl (C=O) groups excluding carboxylic acids is 2. The van der Waals surface area contributed by atoms with Gasteiger partial charge in [0.15, 0.2) is 0 Å². The molecule has 2 N–H and O–H groups in total. The van der Waals surface area contributed by atoms with Crippen molar-refractivity contribution in [3.05, 3.63) is 77.0 Å². The number of benzene rings is 2. The number of amides is 3. The van der Waals surface area contributed by atoms with Crippen LogP contribution in [-0.2, 0) is 30.5 Å². The second-order valence-electron chi connectivity index (χ2n) is 11.1. The molecule has 0 unspecified atom stereocenters. The number of pyridine rings is 1. The lowest BCUT2D eigenvalue weighted by atomic mass is 9.99. The van der Waals surface area contributed by atoms with Gasteiger partial charge in [-0.05, 0) is 92.2 Å². The van der Waals surface area contributed by atoms with Crippen molar-refractivity contribution >= 4 is 23.4 Å². The van der Waals surface area contributed by atoms with Crippen molar-refractivity contribution in [2.24, 2.45) is 5.92 Å². The van der Waals surface area contributed by atoms with Gasteiger partial charge in [-0.1, -0.05) is 12.1 Å². The molecule has 0 radical (unpaired) electrons. The number of carbonyl (C=O) groups is 2. The van der Waals surface area contributed by atoms with Crippen molar-refractivity contribution in [1.29, 1.82) is 0 Å². The minimum absolute atomic E-state index is 0.0422. The summed E-state index contributed by atoms with van der Waals surface area (Å²) < 4.78 is 47.7. The Kier molecular flexibility index (Phi) is 7.76. The first kappa shape index (κ1) is 28.0. The normalized spacial score (nSPS) is 17.1. The summed E-state index contributed by atoms with van der Waals surface area (Å²) in [5, 5.41) is 5.47. The fourth-order valence-corrected chi connectivity index (χ4v) is 5.46. The van der Waals surface area contributed by atoms with Crippen LogP contribution in [0.2, 0.25) is 0 Å². The number of fused-ring (bicyclic) bond motifs is 1. The highest BCUT2D eigenvalue weighted by molar-refractivity contribution is 5.93. The van der Waals surface area contributed by atoms with Crippen LogP contribution < -0.4 is 15.4 Å². The number of ether oxygens (including phenoxy) is 1. The van der Waals surface area contributed by atoms with Crippen LogP contribution in [0.1, 0.15) is 47.9 Å². The van der Waals surface area contributed by atoms with Crippen LogP contribution in [0.15, 0.2) is 54.7 Å². The fraction of sp³-hybridized carbons (Fsp3) is 0.387. The highest BCUT2D eigenvalue weighted by Crippen LogP contribution is 2.35. The monoisotopic (exact) mass is 579 g/mol. The number of aromatic nitrogens is 1. The SMILES string of the molecule is O=C(Nc1cc(Oc2ccc3c(c2)CN(C(=O)Nc2ccc(CN4CCCC4)c(C(F)(F)F)c2)CC3)ccn1)C1CC1. The van der Waals surface area contributed by atoms with Gasteiger partial charge < -0.3 is 20.3 Å². The van der Waals surface area contributed by atoms with Crippen molar-refractivity contribution < 1.29 is 27.5 Å². The Morgan fingerprint density at radius 2 is 1.71 bits per heavy atom. The number of hydrogen-bond donors (Lipinski definition) is 2. The van der Waals surface area contributed by atoms with Crippen molar-refractivity contribution in [2.75, 3.05) is 30.3 Å². The first-order valence-corrected chi connectivity index (χ1v) is 14.3. The van der Waals surface area contributed by atoms with Gasteiger partial charge in [0.25, 0.3) is 0 Å². The quantitative estimate of drug-likeness (QED) is 0.337. The van der Waals surface area contributed by atoms with Crippen molar-refractivity contribution in [2.45, 2.75) is 51.4 Å². The molecule has 6 rings (SSSR count). The third-order valence-electron chi connectivity index (χ3n) is 7.90. The van der Waals surface area contributed by atoms with Gasteiger partial charge in [0.2, 0.25) is 5.91 Å². The molecule has 2 fully saturated rings. The number of urea groups is 1. The molecule has 1 aliphatic carbocycles. The predicted molar refractivity (Wildman–Crippen MR) is 151 cm³/mol. The van der Waals surface area contributed by atoms with Gasteiger partial charge >= 0.3 is 12.2 Å². The van der Waals surface area contributed by atoms with E-state index in [-0.39, 0.29) is 36.2 Å². The first-order valence-electron chi connectivity index (χ1n) is 14.3. The number of nitrogens with one attached hydrogen (secondary N) is 2. The molecule has 8 nitrogen and oxygen atoms in total. The molecule has 3 aliphatic rings. The zero-order chi connectivity index (χ0) is 29.3. The van der Waals surface area contributed by atoms with Crippen molar-refractivity contribution in [1.82, 2.24) is 14.8 Å². The number of likely N-dealkylation sites (tertiary alicyclic amines) is 1. The van der Waals surface area contributed by atoms with E-state index in [1.54, 1.807) is 29.3 Å². The van der Waals surface area contributed by atoms with Crippen LogP contribution in [0, 0.1) is 5.92 Å². The summed E-state index contributed by atoms with van der Waals surface area (Å²) in [5.74, 6) is 1.51. The van der Waals surface area contributed by atoms with Crippen LogP contribution in [0.4, 0.5) is 29.5 Å². The van der Waals surface area contributed by atoms with E-state index in [2.05, 4.69) is 15.6 Å². The van der Waals surface area contributed by atoms with Crippen LogP contribution in [0.5, 0.6) is 11.5 Å². The van der Waals surface area contributed by atoms with Crippen LogP contribution in [-0.4, -0.2) is 46.4 Å². The smallest absolute Gasteiger partial charge is 0.416 e. The van der Waals surface area contributed by atoms with Crippen molar-refractivity contribution in [3.8, 4) is 11.5 Å². The molecule has 1 saturated carbocycles. The number of halogens is 3. The summed E-state index contributed by atoms with van der Waals surface area (Å²) in [5.41, 5.74) is 1.58. The Morgan fingerprint density at radius 1 is 0.929 bits per heavy atom. The van der Waals surface area contributed by atoms with Crippen molar-refractivity contribution in [3.63, 3.8) is 0 Å². The van der Waals surface area contributed by atoms with Gasteiger partial charge in [0, 0.05) is 43.5 Å². The summed E-state index contributed by atoms with van der Waals surface area (Å²) in [6.45, 7) is 2.55. The Hall–Kier alpha value is -4.12. The molecular weight excluding hydrogens is 547 g/mol. The molecular formula is C31H32F3N5O3. The zero-order valence-electron chi connectivity index (χ0n) is 23.0. The van der Waals surface area contributed by atoms with Gasteiger partial charge in [-0.3, -0.25) is 9.69 Å². The molecule has 2 aliphatic heterocycles. The molecule has 1 aromatic heterocycles. The van der Waals surface area contributed by atoms with Gasteiger partial charge in [0.1, 0.15) is 17.3 Å². The van der Waals surface area contributed by atoms with E-state index in [1.165, 1.54) is 6.07 Å². The Balaban J connectivity index is 1.11. The second kappa shape index (κ2) is 11.6. The first-order chi connectivity index (χ1) is 20.2. The fourth-order valence-electron chi connectivity index (χ4n) is 5.46. The molecule has 1 saturated heterocycles. The Labute approximate surface area is 241 Å². The second-order valence-corrected chi connectivity index (χ2v) is 11.1. The van der Waals surface area contributed by atoms with E-state index in [4.69, 9.17) is 4.74 Å². The van der Waals surface area contributed by atoms with E-state index in [0.717, 1.165) is 56.0 Å². The molecule has 42 heavy (non-hydrogen) atoms. The number of alkyl halides is 3. The van der Waals surface area contributed by atoms with E-state index in [9.17, 15) is 22.8 Å². The van der Waals surface area contributed by atoms with Crippen LogP contribution >= 0.6 is 0 Å². The maximum absolute atomic E-state index is 13.9. The van der Waals surface area contributed by atoms with E-state index < -0.39 is 17.8 Å². The van der Waals surface area contributed by atoms with E-state index in [0.29, 0.717) is 30.3 Å². The predicted octanol–water partition coefficient (Wildman–Crippen LogP) is 6.43. The molecule has 0 atom stereocenters. The van der Waals surface area contributed by atoms with Crippen LogP contribution in [0.25, 0.3) is 0 Å². The standard InChI is InChI=1S/C31H32F3N5O3/c32-31(33,34)27-16-24(7-5-22(27)18-38-12-1-2-13-38)36-30(41)39-14-10-20-6-8-25(15-23(20)19-39)42-26-9-11-35-28(17-26)37-29(40)21-3-4-21/h5-9,11,15-17,21H,1-4,10,12-14,18-19H2,(H,36,41)(H,35,37,40). The maximum Gasteiger partial charge on any atom is 0.416 e. The third-order valence-corrected chi connectivity index (χ3v) is 7.90. The summed E-state index contributed by atoms with van der Waals surface area (Å²) in [6, 6.07) is 12.6. The summed E-state index contributed by atoms with van der Waals surface area (Å²) in [4.78, 5) is 33.0. The number of nitrogens with zero attached hydrogens (tertiary/aromatic N) is 3. The topological polar surface area (TPSA) is 86.8 Å². The number of rotatable bonds is 7. The largest absolute Gasteiger partial charge is 0.457 e. The minimum atomic E-state index is -4.52. The lowest BCUT2D eigenvalue weighted by Crippen LogP contribution is -2.38. The molecule has 3 heterocycles. The Morgan fingerprint density at radius 3 is 2.48 bits per heavy atom. The summed E-state index contributed by atoms with van der Waals surface area (Å²) >= 11 is 0. The van der Waals surface area contributed by atoms with Gasteiger partial charge in [0.05, 0.1) is 5.56 Å². The lowest BCUT2D eigenvalue weighted by Gasteiger charge is -2.29. The number of hydrogen-bond acceptors (Lipinski definition) is 5. The molecule has 11 heteroatoms. The molecule has 3 aromatic rings. The van der Waals surface area contributed by atoms with Crippen LogP contribution in [0.3, 0.4) is 0 Å². The number of anilines is 2. The zero-order valence-corrected chi connectivity index (χ0v) is 23.0. The third kappa shape index (κ3) is 6.67. The minimum Gasteiger partial charge on any atom is -0.457 e. The summed E-state index contributed by atoms with van der Waals surface area (Å²) in [6.07, 6.45) is 1.43. The van der Waals surface area contributed by atoms with Gasteiger partial charge in [-0.2, -0.15) is 13.2 Å². The molecule has 0 bridgehead atoms. The lowest BCUT2D eigenvalue weighted by molar-refractivity contribution is -0.138. The molecule has 0 spiro atoms. The highest BCUT2D eigenvalue weighted by atomic mass is 19.4.